The Hall–Kier alpha value is -1.15. The number of aliphatic carboxylic acids is 1. The minimum atomic E-state index is -0.928. The Labute approximate surface area is 116 Å². The van der Waals surface area contributed by atoms with Crippen LogP contribution in [0.1, 0.15) is 5.69 Å². The Morgan fingerprint density at radius 2 is 2.29 bits per heavy atom. The maximum atomic E-state index is 10.5. The molecule has 0 aliphatic carbocycles. The van der Waals surface area contributed by atoms with Crippen molar-refractivity contribution in [3.8, 4) is 5.69 Å². The molecule has 88 valence electrons. The molecule has 0 spiro atoms. The summed E-state index contributed by atoms with van der Waals surface area (Å²) in [5.41, 5.74) is 1.24. The van der Waals surface area contributed by atoms with Gasteiger partial charge < -0.3 is 5.11 Å². The molecule has 1 N–H and O–H groups in total. The van der Waals surface area contributed by atoms with Crippen LogP contribution in [0.2, 0.25) is 5.02 Å². The largest absolute Gasteiger partial charge is 0.481 e. The molecule has 1 aromatic carbocycles. The van der Waals surface area contributed by atoms with Crippen LogP contribution < -0.4 is 0 Å². The van der Waals surface area contributed by atoms with Crippen LogP contribution >= 0.6 is 34.2 Å². The van der Waals surface area contributed by atoms with Gasteiger partial charge in [0.15, 0.2) is 0 Å². The van der Waals surface area contributed by atoms with Crippen molar-refractivity contribution in [3.63, 3.8) is 0 Å². The van der Waals surface area contributed by atoms with Gasteiger partial charge in [-0.05, 0) is 40.8 Å². The lowest BCUT2D eigenvalue weighted by molar-refractivity contribution is -0.136. The fourth-order valence-corrected chi connectivity index (χ4v) is 2.44. The molecule has 0 unspecified atom stereocenters. The minimum Gasteiger partial charge on any atom is -0.481 e. The SMILES string of the molecule is O=C(O)Cc1cn(-c2ccc(Cl)cc2I)nn1. The molecule has 2 aromatic rings. The normalized spacial score (nSPS) is 10.5. The molecule has 0 radical (unpaired) electrons. The monoisotopic (exact) mass is 363 g/mol. The number of benzene rings is 1. The Balaban J connectivity index is 2.33. The lowest BCUT2D eigenvalue weighted by Crippen LogP contribution is -2.00. The highest BCUT2D eigenvalue weighted by atomic mass is 127. The summed E-state index contributed by atoms with van der Waals surface area (Å²) < 4.78 is 2.46. The highest BCUT2D eigenvalue weighted by Gasteiger charge is 2.09. The average molecular weight is 364 g/mol. The molecule has 0 saturated heterocycles. The van der Waals surface area contributed by atoms with E-state index in [1.165, 1.54) is 4.68 Å². The number of halogens is 2. The van der Waals surface area contributed by atoms with Crippen LogP contribution in [0.5, 0.6) is 0 Å². The lowest BCUT2D eigenvalue weighted by Gasteiger charge is -2.03. The summed E-state index contributed by atoms with van der Waals surface area (Å²) in [6, 6.07) is 5.36. The third kappa shape index (κ3) is 2.95. The molecule has 1 heterocycles. The Bertz CT molecular complexity index is 570. The van der Waals surface area contributed by atoms with E-state index in [0.29, 0.717) is 10.7 Å². The van der Waals surface area contributed by atoms with E-state index in [1.54, 1.807) is 18.3 Å². The van der Waals surface area contributed by atoms with Crippen LogP contribution in [0.4, 0.5) is 0 Å². The predicted octanol–water partition coefficient (Wildman–Crippen LogP) is 2.15. The second kappa shape index (κ2) is 5.01. The second-order valence-corrected chi connectivity index (χ2v) is 4.92. The van der Waals surface area contributed by atoms with Crippen LogP contribution in [-0.2, 0) is 11.2 Å². The van der Waals surface area contributed by atoms with Crippen molar-refractivity contribution in [1.29, 1.82) is 0 Å². The van der Waals surface area contributed by atoms with E-state index in [1.807, 2.05) is 6.07 Å². The molecule has 7 heteroatoms. The van der Waals surface area contributed by atoms with Crippen molar-refractivity contribution in [2.45, 2.75) is 6.42 Å². The summed E-state index contributed by atoms with van der Waals surface area (Å²) >= 11 is 7.99. The second-order valence-electron chi connectivity index (χ2n) is 3.32. The van der Waals surface area contributed by atoms with Gasteiger partial charge in [0.05, 0.1) is 24.0 Å². The summed E-state index contributed by atoms with van der Waals surface area (Å²) in [6.07, 6.45) is 1.46. The van der Waals surface area contributed by atoms with Gasteiger partial charge in [0.25, 0.3) is 0 Å². The summed E-state index contributed by atoms with van der Waals surface area (Å²) in [6.45, 7) is 0. The quantitative estimate of drug-likeness (QED) is 0.849. The molecule has 0 bridgehead atoms. The molecule has 0 atom stereocenters. The first-order valence-corrected chi connectivity index (χ1v) is 6.10. The van der Waals surface area contributed by atoms with E-state index in [2.05, 4.69) is 32.9 Å². The van der Waals surface area contributed by atoms with Gasteiger partial charge in [0.2, 0.25) is 0 Å². The minimum absolute atomic E-state index is 0.135. The average Bonchev–Trinajstić information content (AvgIpc) is 2.65. The van der Waals surface area contributed by atoms with Crippen LogP contribution in [0, 0.1) is 3.57 Å². The molecule has 0 fully saturated rings. The van der Waals surface area contributed by atoms with Crippen LogP contribution in [0.15, 0.2) is 24.4 Å². The number of rotatable bonds is 3. The first-order chi connectivity index (χ1) is 8.06. The maximum Gasteiger partial charge on any atom is 0.309 e. The van der Waals surface area contributed by atoms with Gasteiger partial charge >= 0.3 is 5.97 Å². The molecule has 17 heavy (non-hydrogen) atoms. The first-order valence-electron chi connectivity index (χ1n) is 4.64. The Morgan fingerprint density at radius 1 is 1.53 bits per heavy atom. The van der Waals surface area contributed by atoms with Gasteiger partial charge in [-0.3, -0.25) is 4.79 Å². The summed E-state index contributed by atoms with van der Waals surface area (Å²) in [7, 11) is 0. The van der Waals surface area contributed by atoms with E-state index in [4.69, 9.17) is 16.7 Å². The zero-order valence-corrected chi connectivity index (χ0v) is 11.4. The Morgan fingerprint density at radius 3 is 2.94 bits per heavy atom. The van der Waals surface area contributed by atoms with Gasteiger partial charge in [-0.2, -0.15) is 0 Å². The zero-order chi connectivity index (χ0) is 12.4. The number of aromatic nitrogens is 3. The van der Waals surface area contributed by atoms with Gasteiger partial charge in [-0.1, -0.05) is 16.8 Å². The third-order valence-electron chi connectivity index (χ3n) is 2.03. The molecule has 5 nitrogen and oxygen atoms in total. The van der Waals surface area contributed by atoms with Crippen molar-refractivity contribution in [3.05, 3.63) is 38.7 Å². The molecular weight excluding hydrogens is 356 g/mol. The lowest BCUT2D eigenvalue weighted by atomic mass is 10.3. The van der Waals surface area contributed by atoms with Crippen molar-refractivity contribution in [2.75, 3.05) is 0 Å². The van der Waals surface area contributed by atoms with E-state index in [9.17, 15) is 4.79 Å². The van der Waals surface area contributed by atoms with E-state index in [0.717, 1.165) is 9.26 Å². The summed E-state index contributed by atoms with van der Waals surface area (Å²) in [5.74, 6) is -0.928. The van der Waals surface area contributed by atoms with Crippen LogP contribution in [0.3, 0.4) is 0 Å². The van der Waals surface area contributed by atoms with Crippen LogP contribution in [0.25, 0.3) is 5.69 Å². The number of hydrogen-bond acceptors (Lipinski definition) is 3. The van der Waals surface area contributed by atoms with E-state index < -0.39 is 5.97 Å². The highest BCUT2D eigenvalue weighted by molar-refractivity contribution is 14.1. The predicted molar refractivity (Wildman–Crippen MR) is 70.4 cm³/mol. The molecular formula is C10H7ClIN3O2. The summed E-state index contributed by atoms with van der Waals surface area (Å²) in [5, 5.41) is 17.0. The molecule has 0 aliphatic rings. The number of carboxylic acid groups (broad SMARTS) is 1. The number of hydrogen-bond donors (Lipinski definition) is 1. The van der Waals surface area contributed by atoms with Gasteiger partial charge in [-0.25, -0.2) is 4.68 Å². The van der Waals surface area contributed by atoms with Crippen molar-refractivity contribution < 1.29 is 9.90 Å². The zero-order valence-electron chi connectivity index (χ0n) is 8.47. The molecule has 1 aromatic heterocycles. The molecule has 2 rings (SSSR count). The standard InChI is InChI=1S/C10H7ClIN3O2/c11-6-1-2-9(8(12)3-6)15-5-7(13-14-15)4-10(16)17/h1-3,5H,4H2,(H,16,17). The van der Waals surface area contributed by atoms with E-state index in [-0.39, 0.29) is 6.42 Å². The van der Waals surface area contributed by atoms with Crippen molar-refractivity contribution >= 4 is 40.2 Å². The van der Waals surface area contributed by atoms with Gasteiger partial charge in [-0.15, -0.1) is 5.10 Å². The van der Waals surface area contributed by atoms with E-state index >= 15 is 0 Å². The topological polar surface area (TPSA) is 68.0 Å². The molecule has 0 amide bonds. The maximum absolute atomic E-state index is 10.5. The van der Waals surface area contributed by atoms with Crippen LogP contribution in [-0.4, -0.2) is 26.1 Å². The highest BCUT2D eigenvalue weighted by Crippen LogP contribution is 2.20. The molecule has 0 aliphatic heterocycles. The Kier molecular flexibility index (Phi) is 3.63. The van der Waals surface area contributed by atoms with Crippen molar-refractivity contribution in [1.82, 2.24) is 15.0 Å². The first kappa shape index (κ1) is 12.3. The number of carbonyl (C=O) groups is 1. The van der Waals surface area contributed by atoms with Gasteiger partial charge in [0.1, 0.15) is 0 Å². The van der Waals surface area contributed by atoms with Gasteiger partial charge in [0, 0.05) is 8.59 Å². The fraction of sp³-hybridized carbons (Fsp3) is 0.100. The third-order valence-corrected chi connectivity index (χ3v) is 3.13. The number of nitrogens with zero attached hydrogens (tertiary/aromatic N) is 3. The summed E-state index contributed by atoms with van der Waals surface area (Å²) in [4.78, 5) is 10.5. The smallest absolute Gasteiger partial charge is 0.309 e. The fourth-order valence-electron chi connectivity index (χ4n) is 1.32. The molecule has 0 saturated carbocycles. The number of carboxylic acids is 1. The van der Waals surface area contributed by atoms with Crippen molar-refractivity contribution in [2.24, 2.45) is 0 Å².